The van der Waals surface area contributed by atoms with Crippen LogP contribution in [-0.4, -0.2) is 94.0 Å². The van der Waals surface area contributed by atoms with Crippen molar-refractivity contribution in [1.29, 1.82) is 0 Å². The molecule has 16 heteroatoms. The number of aliphatic carboxylic acids is 2. The number of carbonyl (C=O) groups is 5. The molecule has 4 unspecified atom stereocenters. The lowest BCUT2D eigenvalue weighted by Crippen LogP contribution is -2.58. The normalized spacial score (nSPS) is 14.2. The fraction of sp³-hybridized carbons (Fsp3) is 0.647. The topological polar surface area (TPSA) is 273 Å². The average molecular weight is 494 g/mol. The van der Waals surface area contributed by atoms with Gasteiger partial charge in [-0.15, -0.1) is 0 Å². The van der Waals surface area contributed by atoms with E-state index >= 15 is 0 Å². The molecule has 4 atom stereocenters. The minimum Gasteiger partial charge on any atom is -0.481 e. The minimum atomic E-state index is -1.60. The SMILES string of the molecule is NC(N)=NCCCC(NC(=O)C(CS)NC(=O)C(N)CCC(=O)O)C(=O)NC(CO)C(=O)O. The number of hydrogen-bond acceptors (Lipinski definition) is 9. The van der Waals surface area contributed by atoms with Gasteiger partial charge in [0, 0.05) is 18.7 Å². The van der Waals surface area contributed by atoms with Gasteiger partial charge in [0.1, 0.15) is 18.1 Å². The molecular weight excluding hydrogens is 462 g/mol. The quantitative estimate of drug-likeness (QED) is 0.0425. The number of nitrogens with one attached hydrogen (secondary N) is 3. The molecule has 0 aromatic heterocycles. The maximum Gasteiger partial charge on any atom is 0.328 e. The Bertz CT molecular complexity index is 732. The molecule has 0 fully saturated rings. The van der Waals surface area contributed by atoms with Crippen LogP contribution in [0, 0.1) is 0 Å². The van der Waals surface area contributed by atoms with Crippen molar-refractivity contribution in [3.63, 3.8) is 0 Å². The molecule has 33 heavy (non-hydrogen) atoms. The number of hydrogen-bond donors (Lipinski definition) is 10. The third-order valence-corrected chi connectivity index (χ3v) is 4.56. The van der Waals surface area contributed by atoms with E-state index in [-0.39, 0.29) is 43.9 Å². The highest BCUT2D eigenvalue weighted by molar-refractivity contribution is 7.80. The van der Waals surface area contributed by atoms with Gasteiger partial charge in [0.05, 0.1) is 12.6 Å². The first kappa shape index (κ1) is 29.9. The van der Waals surface area contributed by atoms with Crippen LogP contribution in [0.4, 0.5) is 0 Å². The van der Waals surface area contributed by atoms with Crippen LogP contribution >= 0.6 is 12.6 Å². The molecule has 0 aromatic rings. The average Bonchev–Trinajstić information content (AvgIpc) is 2.74. The number of carbonyl (C=O) groups excluding carboxylic acids is 3. The second-order valence-electron chi connectivity index (χ2n) is 6.87. The summed E-state index contributed by atoms with van der Waals surface area (Å²) in [5, 5.41) is 33.6. The van der Waals surface area contributed by atoms with Crippen LogP contribution in [0.2, 0.25) is 0 Å². The second kappa shape index (κ2) is 15.7. The molecule has 15 nitrogen and oxygen atoms in total. The van der Waals surface area contributed by atoms with E-state index in [1.54, 1.807) is 0 Å². The highest BCUT2D eigenvalue weighted by Crippen LogP contribution is 2.03. The zero-order valence-electron chi connectivity index (χ0n) is 17.8. The van der Waals surface area contributed by atoms with E-state index in [9.17, 15) is 24.0 Å². The summed E-state index contributed by atoms with van der Waals surface area (Å²) < 4.78 is 0. The van der Waals surface area contributed by atoms with E-state index in [4.69, 9.17) is 32.5 Å². The Hall–Kier alpha value is -3.11. The molecular formula is C17H31N7O8S. The van der Waals surface area contributed by atoms with Crippen molar-refractivity contribution in [3.8, 4) is 0 Å². The number of aliphatic hydroxyl groups excluding tert-OH is 1. The number of amides is 3. The maximum absolute atomic E-state index is 12.6. The van der Waals surface area contributed by atoms with E-state index in [1.165, 1.54) is 0 Å². The van der Waals surface area contributed by atoms with Gasteiger partial charge in [0.25, 0.3) is 0 Å². The fourth-order valence-electron chi connectivity index (χ4n) is 2.39. The first-order valence-electron chi connectivity index (χ1n) is 9.81. The van der Waals surface area contributed by atoms with Gasteiger partial charge in [-0.05, 0) is 19.3 Å². The molecule has 12 N–H and O–H groups in total. The van der Waals surface area contributed by atoms with Crippen LogP contribution in [0.3, 0.4) is 0 Å². The van der Waals surface area contributed by atoms with Gasteiger partial charge < -0.3 is 48.5 Å². The zero-order valence-corrected chi connectivity index (χ0v) is 18.7. The van der Waals surface area contributed by atoms with Gasteiger partial charge in [0.2, 0.25) is 17.7 Å². The predicted octanol–water partition coefficient (Wildman–Crippen LogP) is -4.31. The number of carboxylic acid groups (broad SMARTS) is 2. The number of nitrogens with two attached hydrogens (primary N) is 3. The van der Waals surface area contributed by atoms with E-state index in [2.05, 4.69) is 33.6 Å². The van der Waals surface area contributed by atoms with Crippen LogP contribution in [0.1, 0.15) is 25.7 Å². The Balaban J connectivity index is 5.25. The summed E-state index contributed by atoms with van der Waals surface area (Å²) in [6.45, 7) is -0.755. The van der Waals surface area contributed by atoms with E-state index in [0.717, 1.165) is 0 Å². The van der Waals surface area contributed by atoms with Crippen LogP contribution in [0.5, 0.6) is 0 Å². The first-order chi connectivity index (χ1) is 15.4. The van der Waals surface area contributed by atoms with Gasteiger partial charge in [-0.3, -0.25) is 24.2 Å². The standard InChI is InChI=1S/C17H31N7O8S/c18-8(3-4-12(26)27)13(28)24-11(7-33)15(30)22-9(2-1-5-21-17(19)20)14(29)23-10(6-25)16(31)32/h8-11,25,33H,1-7,18H2,(H,22,30)(H,23,29)(H,24,28)(H,26,27)(H,31,32)(H4,19,20,21). The van der Waals surface area contributed by atoms with E-state index in [0.29, 0.717) is 0 Å². The zero-order chi connectivity index (χ0) is 25.6. The van der Waals surface area contributed by atoms with Crippen molar-refractivity contribution in [2.24, 2.45) is 22.2 Å². The van der Waals surface area contributed by atoms with Gasteiger partial charge in [-0.1, -0.05) is 0 Å². The number of thiol groups is 1. The van der Waals surface area contributed by atoms with Crippen molar-refractivity contribution in [2.45, 2.75) is 49.9 Å². The molecule has 0 rings (SSSR count). The van der Waals surface area contributed by atoms with Crippen molar-refractivity contribution in [2.75, 3.05) is 18.9 Å². The van der Waals surface area contributed by atoms with Crippen LogP contribution in [-0.2, 0) is 24.0 Å². The van der Waals surface area contributed by atoms with Gasteiger partial charge in [0.15, 0.2) is 5.96 Å². The largest absolute Gasteiger partial charge is 0.481 e. The number of rotatable bonds is 16. The summed E-state index contributed by atoms with van der Waals surface area (Å²) >= 11 is 4.00. The molecule has 0 bridgehead atoms. The fourth-order valence-corrected chi connectivity index (χ4v) is 2.64. The Labute approximate surface area is 194 Å². The molecule has 0 aliphatic heterocycles. The number of guanidine groups is 1. The summed E-state index contributed by atoms with van der Waals surface area (Å²) in [4.78, 5) is 62.7. The molecule has 0 radical (unpaired) electrons. The number of aliphatic hydroxyl groups is 1. The first-order valence-corrected chi connectivity index (χ1v) is 10.4. The van der Waals surface area contributed by atoms with Crippen molar-refractivity contribution < 1.29 is 39.3 Å². The lowest BCUT2D eigenvalue weighted by molar-refractivity contribution is -0.143. The molecule has 3 amide bonds. The number of nitrogens with zero attached hydrogens (tertiary/aromatic N) is 1. The monoisotopic (exact) mass is 493 g/mol. The second-order valence-corrected chi connectivity index (χ2v) is 7.24. The molecule has 0 heterocycles. The minimum absolute atomic E-state index is 0.00250. The Morgan fingerprint density at radius 3 is 1.91 bits per heavy atom. The highest BCUT2D eigenvalue weighted by Gasteiger charge is 2.29. The molecule has 0 saturated carbocycles. The van der Waals surface area contributed by atoms with Crippen LogP contribution in [0.15, 0.2) is 4.99 Å². The summed E-state index contributed by atoms with van der Waals surface area (Å²) in [5.74, 6) is -5.47. The van der Waals surface area contributed by atoms with Crippen molar-refractivity contribution in [3.05, 3.63) is 0 Å². The third kappa shape index (κ3) is 12.5. The lowest BCUT2D eigenvalue weighted by Gasteiger charge is -2.24. The summed E-state index contributed by atoms with van der Waals surface area (Å²) in [6, 6.07) is -5.25. The van der Waals surface area contributed by atoms with Gasteiger partial charge >= 0.3 is 11.9 Å². The Kier molecular flexibility index (Phi) is 14.2. The molecule has 0 aliphatic carbocycles. The molecule has 0 aliphatic rings. The summed E-state index contributed by atoms with van der Waals surface area (Å²) in [6.07, 6.45) is -0.280. The van der Waals surface area contributed by atoms with E-state index in [1.807, 2.05) is 0 Å². The van der Waals surface area contributed by atoms with Crippen LogP contribution in [0.25, 0.3) is 0 Å². The third-order valence-electron chi connectivity index (χ3n) is 4.20. The van der Waals surface area contributed by atoms with E-state index < -0.39 is 60.4 Å². The van der Waals surface area contributed by atoms with Crippen molar-refractivity contribution >= 4 is 48.2 Å². The lowest BCUT2D eigenvalue weighted by atomic mass is 10.1. The number of aliphatic imine (C=N–C) groups is 1. The Morgan fingerprint density at radius 2 is 1.42 bits per heavy atom. The number of carboxylic acids is 2. The smallest absolute Gasteiger partial charge is 0.328 e. The van der Waals surface area contributed by atoms with Crippen LogP contribution < -0.4 is 33.2 Å². The molecule has 0 saturated heterocycles. The summed E-state index contributed by atoms with van der Waals surface area (Å²) in [7, 11) is 0. The maximum atomic E-state index is 12.6. The van der Waals surface area contributed by atoms with Gasteiger partial charge in [-0.25, -0.2) is 4.79 Å². The predicted molar refractivity (Wildman–Crippen MR) is 119 cm³/mol. The highest BCUT2D eigenvalue weighted by atomic mass is 32.1. The molecule has 188 valence electrons. The molecule has 0 spiro atoms. The Morgan fingerprint density at radius 1 is 0.879 bits per heavy atom. The summed E-state index contributed by atoms with van der Waals surface area (Å²) in [5.41, 5.74) is 16.1. The molecule has 0 aromatic carbocycles. The van der Waals surface area contributed by atoms with Gasteiger partial charge in [-0.2, -0.15) is 12.6 Å². The van der Waals surface area contributed by atoms with Crippen molar-refractivity contribution in [1.82, 2.24) is 16.0 Å².